The predicted octanol–water partition coefficient (Wildman–Crippen LogP) is 7.64. The van der Waals surface area contributed by atoms with Crippen molar-refractivity contribution in [2.75, 3.05) is 0 Å². The van der Waals surface area contributed by atoms with Gasteiger partial charge in [-0.1, -0.05) is 109 Å². The fourth-order valence-corrected chi connectivity index (χ4v) is 7.92. The minimum atomic E-state index is -1.25. The van der Waals surface area contributed by atoms with Crippen LogP contribution in [-0.2, 0) is 20.4 Å². The molecule has 0 aliphatic rings. The van der Waals surface area contributed by atoms with E-state index >= 15 is 0 Å². The SMILES string of the molecule is C=C[CH2-].[Pd].c1ccc2c([PH+](c3cccc4ccccc34)c3cccc4ccccc34)cccc2c1. The molecule has 6 rings (SSSR count). The van der Waals surface area contributed by atoms with Crippen molar-refractivity contribution in [1.29, 1.82) is 0 Å². The quantitative estimate of drug-likeness (QED) is 0.119. The van der Waals surface area contributed by atoms with Gasteiger partial charge >= 0.3 is 0 Å². The molecule has 0 nitrogen and oxygen atoms in total. The molecule has 0 bridgehead atoms. The summed E-state index contributed by atoms with van der Waals surface area (Å²) in [5, 5.41) is 12.4. The third-order valence-corrected chi connectivity index (χ3v) is 9.10. The average molecular weight is 561 g/mol. The van der Waals surface area contributed by atoms with Crippen molar-refractivity contribution < 1.29 is 20.4 Å². The van der Waals surface area contributed by atoms with Gasteiger partial charge in [-0.25, -0.2) is 19.6 Å². The third-order valence-electron chi connectivity index (χ3n) is 6.18. The Balaban J connectivity index is 0.000000689. The summed E-state index contributed by atoms with van der Waals surface area (Å²) in [5.74, 6) is 0. The van der Waals surface area contributed by atoms with Crippen molar-refractivity contribution >= 4 is 56.2 Å². The predicted molar refractivity (Wildman–Crippen MR) is 155 cm³/mol. The van der Waals surface area contributed by atoms with Gasteiger partial charge in [-0.3, -0.25) is 0 Å². The molecule has 6 aromatic carbocycles. The van der Waals surface area contributed by atoms with Crippen molar-refractivity contribution in [1.82, 2.24) is 0 Å². The van der Waals surface area contributed by atoms with Crippen molar-refractivity contribution in [3.63, 3.8) is 0 Å². The number of benzene rings is 6. The zero-order valence-corrected chi connectivity index (χ0v) is 22.0. The van der Waals surface area contributed by atoms with E-state index in [1.807, 2.05) is 0 Å². The second-order valence-electron chi connectivity index (χ2n) is 8.24. The normalized spacial score (nSPS) is 10.5. The van der Waals surface area contributed by atoms with E-state index in [9.17, 15) is 0 Å². The number of hydrogen-bond donors (Lipinski definition) is 0. The van der Waals surface area contributed by atoms with E-state index < -0.39 is 7.92 Å². The van der Waals surface area contributed by atoms with Gasteiger partial charge in [-0.15, -0.1) is 0 Å². The van der Waals surface area contributed by atoms with E-state index in [1.54, 1.807) is 0 Å². The van der Waals surface area contributed by atoms with E-state index in [0.29, 0.717) is 0 Å². The van der Waals surface area contributed by atoms with E-state index in [2.05, 4.69) is 141 Å². The van der Waals surface area contributed by atoms with Crippen LogP contribution in [0.3, 0.4) is 0 Å². The zero-order valence-electron chi connectivity index (χ0n) is 19.4. The molecule has 0 amide bonds. The second-order valence-corrected chi connectivity index (χ2v) is 10.6. The largest absolute Gasteiger partial charge is 0.245 e. The van der Waals surface area contributed by atoms with Gasteiger partial charge in [-0.05, 0) is 34.4 Å². The first kappa shape index (κ1) is 24.9. The van der Waals surface area contributed by atoms with Crippen LogP contribution in [0.4, 0.5) is 0 Å². The molecule has 0 atom stereocenters. The number of rotatable bonds is 3. The Morgan fingerprint density at radius 1 is 0.457 bits per heavy atom. The fraction of sp³-hybridized carbons (Fsp3) is 0. The van der Waals surface area contributed by atoms with E-state index in [-0.39, 0.29) is 20.4 Å². The summed E-state index contributed by atoms with van der Waals surface area (Å²) in [4.78, 5) is 0. The molecule has 0 saturated carbocycles. The molecular weight excluding hydrogens is 534 g/mol. The molecule has 174 valence electrons. The Hall–Kier alpha value is -3.20. The average Bonchev–Trinajstić information content (AvgIpc) is 2.90. The molecule has 0 heterocycles. The van der Waals surface area contributed by atoms with Crippen LogP contribution in [0.5, 0.6) is 0 Å². The molecule has 0 radical (unpaired) electrons. The van der Waals surface area contributed by atoms with Crippen LogP contribution in [0.1, 0.15) is 0 Å². The van der Waals surface area contributed by atoms with Gasteiger partial charge < -0.3 is 0 Å². The molecule has 0 saturated heterocycles. The van der Waals surface area contributed by atoms with Crippen molar-refractivity contribution in [2.24, 2.45) is 0 Å². The Morgan fingerprint density at radius 2 is 0.714 bits per heavy atom. The van der Waals surface area contributed by atoms with E-state index in [4.69, 9.17) is 0 Å². The zero-order chi connectivity index (χ0) is 23.3. The second kappa shape index (κ2) is 11.5. The molecule has 0 aliphatic heterocycles. The molecule has 0 N–H and O–H groups in total. The molecule has 0 spiro atoms. The molecule has 35 heavy (non-hydrogen) atoms. The Bertz CT molecular complexity index is 1400. The van der Waals surface area contributed by atoms with Gasteiger partial charge in [0, 0.05) is 36.6 Å². The summed E-state index contributed by atoms with van der Waals surface area (Å²) < 4.78 is 0. The molecule has 2 heteroatoms. The maximum atomic E-state index is 3.25. The topological polar surface area (TPSA) is 0 Å². The number of allylic oxidation sites excluding steroid dienone is 1. The maximum Gasteiger partial charge on any atom is 0.110 e. The Labute approximate surface area is 222 Å². The summed E-state index contributed by atoms with van der Waals surface area (Å²) in [7, 11) is -1.25. The standard InChI is InChI=1S/C30H21P.C3H5.Pd/c1-4-16-25-22(10-1)13-7-19-28(25)31(29-20-8-14-23-11-2-5-17-26(23)29)30-21-9-15-24-12-3-6-18-27(24)30;1-3-2;/h1-21H;3H,1-2H2;/q;-1;/p+1. The van der Waals surface area contributed by atoms with Gasteiger partial charge in [-0.2, -0.15) is 0 Å². The number of hydrogen-bond acceptors (Lipinski definition) is 0. The molecule has 0 aliphatic carbocycles. The van der Waals surface area contributed by atoms with Crippen LogP contribution in [0.15, 0.2) is 140 Å². The minimum absolute atomic E-state index is 0. The first-order valence-electron chi connectivity index (χ1n) is 11.5. The van der Waals surface area contributed by atoms with Gasteiger partial charge in [0.25, 0.3) is 0 Å². The molecule has 0 aromatic heterocycles. The van der Waals surface area contributed by atoms with Gasteiger partial charge in [0.1, 0.15) is 23.8 Å². The van der Waals surface area contributed by atoms with Crippen molar-refractivity contribution in [2.45, 2.75) is 0 Å². The van der Waals surface area contributed by atoms with Crippen LogP contribution in [0.2, 0.25) is 0 Å². The molecule has 0 fully saturated rings. The van der Waals surface area contributed by atoms with Crippen LogP contribution >= 0.6 is 7.92 Å². The first-order chi connectivity index (χ1) is 16.8. The van der Waals surface area contributed by atoms with Crippen LogP contribution in [0.25, 0.3) is 32.3 Å². The minimum Gasteiger partial charge on any atom is -0.245 e. The molecule has 6 aromatic rings. The van der Waals surface area contributed by atoms with Gasteiger partial charge in [0.2, 0.25) is 0 Å². The van der Waals surface area contributed by atoms with Gasteiger partial charge in [0.15, 0.2) is 0 Å². The van der Waals surface area contributed by atoms with Crippen LogP contribution in [0, 0.1) is 6.92 Å². The smallest absolute Gasteiger partial charge is 0.110 e. The fourth-order valence-electron chi connectivity index (χ4n) is 4.77. The van der Waals surface area contributed by atoms with Crippen LogP contribution in [-0.4, -0.2) is 0 Å². The third kappa shape index (κ3) is 4.96. The van der Waals surface area contributed by atoms with Gasteiger partial charge in [0.05, 0.1) is 0 Å². The van der Waals surface area contributed by atoms with Crippen molar-refractivity contribution in [3.8, 4) is 0 Å². The van der Waals surface area contributed by atoms with Crippen molar-refractivity contribution in [3.05, 3.63) is 147 Å². The van der Waals surface area contributed by atoms with Crippen LogP contribution < -0.4 is 15.9 Å². The summed E-state index contributed by atoms with van der Waals surface area (Å²) >= 11 is 0. The summed E-state index contributed by atoms with van der Waals surface area (Å²) in [6, 6.07) is 46.8. The monoisotopic (exact) mass is 560 g/mol. The maximum absolute atomic E-state index is 3.25. The molecule has 0 unspecified atom stereocenters. The summed E-state index contributed by atoms with van der Waals surface area (Å²) in [5.41, 5.74) is 0. The Kier molecular flexibility index (Phi) is 8.18. The first-order valence-corrected chi connectivity index (χ1v) is 13.0. The summed E-state index contributed by atoms with van der Waals surface area (Å²) in [6.45, 7) is 6.50. The number of fused-ring (bicyclic) bond motifs is 3. The summed E-state index contributed by atoms with van der Waals surface area (Å²) in [6.07, 6.45) is 1.50. The molecular formula is C33H27PPd. The van der Waals surface area contributed by atoms with E-state index in [1.165, 1.54) is 54.3 Å². The van der Waals surface area contributed by atoms with E-state index in [0.717, 1.165) is 0 Å². The Morgan fingerprint density at radius 3 is 1.03 bits per heavy atom.